The molecule has 0 saturated carbocycles. The molecule has 0 spiro atoms. The van der Waals surface area contributed by atoms with E-state index in [2.05, 4.69) is 10.4 Å². The van der Waals surface area contributed by atoms with Gasteiger partial charge in [0.2, 0.25) is 11.1 Å². The predicted molar refractivity (Wildman–Crippen MR) is 74.8 cm³/mol. The molecule has 1 amide bonds. The van der Waals surface area contributed by atoms with Crippen LogP contribution in [-0.4, -0.2) is 27.5 Å². The van der Waals surface area contributed by atoms with Gasteiger partial charge < -0.3 is 5.32 Å². The third-order valence-electron chi connectivity index (χ3n) is 2.94. The molecule has 5 nitrogen and oxygen atoms in total. The van der Waals surface area contributed by atoms with Gasteiger partial charge in [-0.15, -0.1) is 0 Å². The molecular weight excluding hydrogens is 346 g/mol. The van der Waals surface area contributed by atoms with Crippen LogP contribution in [0.4, 0.5) is 13.2 Å². The fourth-order valence-corrected chi connectivity index (χ4v) is 2.12. The summed E-state index contributed by atoms with van der Waals surface area (Å²) in [4.78, 5) is 22.4. The van der Waals surface area contributed by atoms with Gasteiger partial charge in [0.15, 0.2) is 5.69 Å². The number of rotatable bonds is 6. The van der Waals surface area contributed by atoms with Crippen LogP contribution in [0.2, 0.25) is 5.02 Å². The van der Waals surface area contributed by atoms with Gasteiger partial charge in [-0.25, -0.2) is 0 Å². The maximum absolute atomic E-state index is 12.7. The van der Waals surface area contributed by atoms with Crippen LogP contribution in [-0.2, 0) is 15.8 Å². The van der Waals surface area contributed by atoms with Crippen molar-refractivity contribution in [1.82, 2.24) is 15.1 Å². The summed E-state index contributed by atoms with van der Waals surface area (Å²) >= 11 is 10.8. The van der Waals surface area contributed by atoms with E-state index in [0.717, 1.165) is 4.68 Å². The molecule has 1 aromatic heterocycles. The molecule has 124 valence electrons. The molecule has 10 heteroatoms. The highest BCUT2D eigenvalue weighted by Crippen LogP contribution is 2.36. The number of hydrogen-bond donors (Lipinski definition) is 1. The zero-order valence-corrected chi connectivity index (χ0v) is 13.3. The molecule has 1 unspecified atom stereocenters. The molecule has 1 N–H and O–H groups in total. The summed E-state index contributed by atoms with van der Waals surface area (Å²) in [5, 5.41) is 4.83. The first-order valence-electron chi connectivity index (χ1n) is 6.33. The van der Waals surface area contributed by atoms with Crippen molar-refractivity contribution in [2.75, 3.05) is 6.54 Å². The fraction of sp³-hybridized carbons (Fsp3) is 0.583. The third kappa shape index (κ3) is 4.61. The summed E-state index contributed by atoms with van der Waals surface area (Å²) in [6.07, 6.45) is -4.25. The molecule has 0 aliphatic carbocycles. The van der Waals surface area contributed by atoms with Crippen molar-refractivity contribution in [2.24, 2.45) is 0 Å². The molecule has 0 saturated heterocycles. The highest BCUT2D eigenvalue weighted by Gasteiger charge is 2.39. The van der Waals surface area contributed by atoms with E-state index >= 15 is 0 Å². The van der Waals surface area contributed by atoms with Crippen LogP contribution >= 0.6 is 23.2 Å². The van der Waals surface area contributed by atoms with Gasteiger partial charge >= 0.3 is 6.18 Å². The molecule has 0 fully saturated rings. The first-order valence-corrected chi connectivity index (χ1v) is 7.09. The summed E-state index contributed by atoms with van der Waals surface area (Å²) in [7, 11) is 0. The van der Waals surface area contributed by atoms with E-state index in [1.165, 1.54) is 13.8 Å². The second-order valence-electron chi connectivity index (χ2n) is 4.62. The minimum Gasteiger partial charge on any atom is -0.354 e. The molecule has 0 radical (unpaired) electrons. The zero-order chi connectivity index (χ0) is 17.1. The van der Waals surface area contributed by atoms with Gasteiger partial charge in [0.25, 0.3) is 0 Å². The van der Waals surface area contributed by atoms with Crippen molar-refractivity contribution in [3.8, 4) is 0 Å². The molecule has 1 aromatic rings. The molecule has 0 aliphatic heterocycles. The Balaban J connectivity index is 2.79. The highest BCUT2D eigenvalue weighted by atomic mass is 35.5. The number of nitrogens with zero attached hydrogens (tertiary/aromatic N) is 2. The standard InChI is InChI=1S/C12H14Cl2F3N3O2/c1-6-9(14)10(12(15,16)17)19-20(6)7(2)11(22)18-5-3-4-8(13)21/h7H,3-5H2,1-2H3,(H,18,22). The van der Waals surface area contributed by atoms with Crippen LogP contribution in [0.1, 0.15) is 37.2 Å². The maximum Gasteiger partial charge on any atom is 0.436 e. The van der Waals surface area contributed by atoms with E-state index in [-0.39, 0.29) is 18.7 Å². The predicted octanol–water partition coefficient (Wildman–Crippen LogP) is 3.09. The van der Waals surface area contributed by atoms with Crippen molar-refractivity contribution < 1.29 is 22.8 Å². The van der Waals surface area contributed by atoms with Crippen molar-refractivity contribution in [1.29, 1.82) is 0 Å². The second kappa shape index (κ2) is 7.32. The Morgan fingerprint density at radius 3 is 2.45 bits per heavy atom. The molecule has 1 rings (SSSR count). The first kappa shape index (κ1) is 18.8. The monoisotopic (exact) mass is 359 g/mol. The molecule has 1 atom stereocenters. The number of carbonyl (C=O) groups excluding carboxylic acids is 2. The number of halogens is 5. The first-order chi connectivity index (χ1) is 10.1. The minimum absolute atomic E-state index is 0.0487. The lowest BCUT2D eigenvalue weighted by molar-refractivity contribution is -0.141. The largest absolute Gasteiger partial charge is 0.436 e. The Morgan fingerprint density at radius 1 is 1.41 bits per heavy atom. The van der Waals surface area contributed by atoms with Gasteiger partial charge in [-0.2, -0.15) is 18.3 Å². The highest BCUT2D eigenvalue weighted by molar-refractivity contribution is 6.63. The molecule has 22 heavy (non-hydrogen) atoms. The number of amides is 1. The van der Waals surface area contributed by atoms with Gasteiger partial charge in [-0.3, -0.25) is 14.3 Å². The number of hydrogen-bond acceptors (Lipinski definition) is 3. The molecule has 0 aromatic carbocycles. The van der Waals surface area contributed by atoms with Crippen LogP contribution in [0.25, 0.3) is 0 Å². The average molecular weight is 360 g/mol. The van der Waals surface area contributed by atoms with Gasteiger partial charge in [0.05, 0.1) is 10.7 Å². The lowest BCUT2D eigenvalue weighted by Gasteiger charge is -2.14. The van der Waals surface area contributed by atoms with E-state index in [9.17, 15) is 22.8 Å². The van der Waals surface area contributed by atoms with Crippen LogP contribution in [0.5, 0.6) is 0 Å². The van der Waals surface area contributed by atoms with Gasteiger partial charge in [-0.05, 0) is 31.9 Å². The molecule has 0 bridgehead atoms. The summed E-state index contributed by atoms with van der Waals surface area (Å²) in [6.45, 7) is 2.93. The summed E-state index contributed by atoms with van der Waals surface area (Å²) in [6, 6.07) is -0.972. The summed E-state index contributed by atoms with van der Waals surface area (Å²) < 4.78 is 39.1. The van der Waals surface area contributed by atoms with Crippen molar-refractivity contribution in [2.45, 2.75) is 38.9 Å². The number of nitrogens with one attached hydrogen (secondary N) is 1. The minimum atomic E-state index is -4.69. The number of carbonyl (C=O) groups is 2. The van der Waals surface area contributed by atoms with Crippen molar-refractivity contribution in [3.63, 3.8) is 0 Å². The van der Waals surface area contributed by atoms with Gasteiger partial charge in [0, 0.05) is 13.0 Å². The van der Waals surface area contributed by atoms with E-state index in [0.29, 0.717) is 6.42 Å². The smallest absolute Gasteiger partial charge is 0.354 e. The molecule has 1 heterocycles. The number of aromatic nitrogens is 2. The van der Waals surface area contributed by atoms with E-state index in [1.54, 1.807) is 0 Å². The van der Waals surface area contributed by atoms with Crippen LogP contribution < -0.4 is 5.32 Å². The Labute approximate surface area is 134 Å². The van der Waals surface area contributed by atoms with E-state index in [1.807, 2.05) is 0 Å². The quantitative estimate of drug-likeness (QED) is 0.626. The summed E-state index contributed by atoms with van der Waals surface area (Å²) in [5.74, 6) is -0.530. The zero-order valence-electron chi connectivity index (χ0n) is 11.8. The van der Waals surface area contributed by atoms with E-state index < -0.39 is 34.1 Å². The van der Waals surface area contributed by atoms with E-state index in [4.69, 9.17) is 23.2 Å². The topological polar surface area (TPSA) is 64.0 Å². The summed E-state index contributed by atoms with van der Waals surface area (Å²) in [5.41, 5.74) is -1.17. The molecular formula is C12H14Cl2F3N3O2. The van der Waals surface area contributed by atoms with Crippen LogP contribution in [0.15, 0.2) is 0 Å². The van der Waals surface area contributed by atoms with Crippen LogP contribution in [0.3, 0.4) is 0 Å². The third-order valence-corrected chi connectivity index (χ3v) is 3.58. The average Bonchev–Trinajstić information content (AvgIpc) is 2.70. The second-order valence-corrected chi connectivity index (χ2v) is 5.42. The molecule has 0 aliphatic rings. The Bertz CT molecular complexity index is 573. The van der Waals surface area contributed by atoms with Crippen molar-refractivity contribution >= 4 is 34.4 Å². The van der Waals surface area contributed by atoms with Crippen molar-refractivity contribution in [3.05, 3.63) is 16.4 Å². The number of alkyl halides is 3. The maximum atomic E-state index is 12.7. The Kier molecular flexibility index (Phi) is 6.25. The van der Waals surface area contributed by atoms with Gasteiger partial charge in [-0.1, -0.05) is 11.6 Å². The normalized spacial score (nSPS) is 13.0. The van der Waals surface area contributed by atoms with Gasteiger partial charge in [0.1, 0.15) is 6.04 Å². The lowest BCUT2D eigenvalue weighted by atomic mass is 10.2. The lowest BCUT2D eigenvalue weighted by Crippen LogP contribution is -2.32. The fourth-order valence-electron chi connectivity index (χ4n) is 1.75. The Hall–Kier alpha value is -1.28. The SMILES string of the molecule is Cc1c(Cl)c(C(F)(F)F)nn1C(C)C(=O)NCCCC(=O)Cl. The Morgan fingerprint density at radius 2 is 2.00 bits per heavy atom. The van der Waals surface area contributed by atoms with Crippen LogP contribution in [0, 0.1) is 6.92 Å².